The molecule has 7 heteroatoms. The quantitative estimate of drug-likeness (QED) is 0.540. The largest absolute Gasteiger partial charge is 0.497 e. The molecule has 6 rings (SSSR count). The number of anilines is 1. The fourth-order valence-corrected chi connectivity index (χ4v) is 4.49. The second kappa shape index (κ2) is 7.69. The van der Waals surface area contributed by atoms with E-state index < -0.39 is 0 Å². The zero-order valence-electron chi connectivity index (χ0n) is 17.8. The van der Waals surface area contributed by atoms with Gasteiger partial charge in [-0.25, -0.2) is 9.98 Å². The SMILES string of the molecule is COc1cccc([C@@H]2NC3=NCN(Cc4ccccc4)CN3c3nc4ccccc4n32)c1. The topological polar surface area (TPSA) is 57.9 Å². The highest BCUT2D eigenvalue weighted by molar-refractivity contribution is 5.98. The summed E-state index contributed by atoms with van der Waals surface area (Å²) in [6.07, 6.45) is -0.122. The van der Waals surface area contributed by atoms with Gasteiger partial charge in [-0.2, -0.15) is 0 Å². The number of hydrogen-bond acceptors (Lipinski definition) is 6. The number of aliphatic imine (C=N–C) groups is 1. The van der Waals surface area contributed by atoms with Gasteiger partial charge in [0.05, 0.1) is 31.5 Å². The van der Waals surface area contributed by atoms with Crippen LogP contribution in [0.25, 0.3) is 11.0 Å². The molecule has 0 amide bonds. The molecule has 3 heterocycles. The lowest BCUT2D eigenvalue weighted by Crippen LogP contribution is -2.57. The van der Waals surface area contributed by atoms with E-state index in [1.807, 2.05) is 24.3 Å². The van der Waals surface area contributed by atoms with Crippen molar-refractivity contribution in [2.75, 3.05) is 25.3 Å². The Hall–Kier alpha value is -3.84. The van der Waals surface area contributed by atoms with E-state index in [2.05, 4.69) is 74.3 Å². The predicted molar refractivity (Wildman–Crippen MR) is 126 cm³/mol. The Labute approximate surface area is 186 Å². The minimum absolute atomic E-state index is 0.122. The second-order valence-corrected chi connectivity index (χ2v) is 8.10. The molecule has 1 atom stereocenters. The molecule has 0 bridgehead atoms. The van der Waals surface area contributed by atoms with Crippen LogP contribution < -0.4 is 15.0 Å². The van der Waals surface area contributed by atoms with Crippen LogP contribution in [0.3, 0.4) is 0 Å². The molecule has 3 aromatic carbocycles. The van der Waals surface area contributed by atoms with Crippen LogP contribution >= 0.6 is 0 Å². The number of imidazole rings is 1. The molecule has 2 aliphatic rings. The van der Waals surface area contributed by atoms with Crippen LogP contribution in [-0.2, 0) is 6.54 Å². The number of guanidine groups is 1. The molecule has 0 spiro atoms. The van der Waals surface area contributed by atoms with Gasteiger partial charge in [0.15, 0.2) is 0 Å². The number of nitrogens with one attached hydrogen (secondary N) is 1. The zero-order valence-corrected chi connectivity index (χ0v) is 17.8. The highest BCUT2D eigenvalue weighted by Crippen LogP contribution is 2.34. The van der Waals surface area contributed by atoms with E-state index in [4.69, 9.17) is 14.7 Å². The van der Waals surface area contributed by atoms with Crippen molar-refractivity contribution >= 4 is 22.9 Å². The molecule has 1 aromatic heterocycles. The molecular weight excluding hydrogens is 400 g/mol. The van der Waals surface area contributed by atoms with E-state index in [0.717, 1.165) is 47.5 Å². The van der Waals surface area contributed by atoms with E-state index in [9.17, 15) is 0 Å². The van der Waals surface area contributed by atoms with E-state index in [1.54, 1.807) is 7.11 Å². The van der Waals surface area contributed by atoms with Crippen LogP contribution in [0.5, 0.6) is 5.75 Å². The summed E-state index contributed by atoms with van der Waals surface area (Å²) in [4.78, 5) is 14.4. The lowest BCUT2D eigenvalue weighted by molar-refractivity contribution is 0.264. The predicted octanol–water partition coefficient (Wildman–Crippen LogP) is 3.79. The van der Waals surface area contributed by atoms with Crippen LogP contribution in [0.1, 0.15) is 17.3 Å². The fourth-order valence-electron chi connectivity index (χ4n) is 4.49. The van der Waals surface area contributed by atoms with Crippen molar-refractivity contribution in [3.63, 3.8) is 0 Å². The van der Waals surface area contributed by atoms with Crippen molar-refractivity contribution in [2.24, 2.45) is 4.99 Å². The van der Waals surface area contributed by atoms with Crippen LogP contribution in [0.2, 0.25) is 0 Å². The number of methoxy groups -OCH3 is 1. The molecule has 0 saturated heterocycles. The average molecular weight is 425 g/mol. The Bertz CT molecular complexity index is 1300. The third-order valence-electron chi connectivity index (χ3n) is 6.02. The molecule has 0 aliphatic carbocycles. The highest BCUT2D eigenvalue weighted by atomic mass is 16.5. The number of fused-ring (bicyclic) bond motifs is 5. The molecule has 2 aliphatic heterocycles. The molecule has 32 heavy (non-hydrogen) atoms. The summed E-state index contributed by atoms with van der Waals surface area (Å²) < 4.78 is 7.74. The van der Waals surface area contributed by atoms with Crippen molar-refractivity contribution in [2.45, 2.75) is 12.7 Å². The fraction of sp³-hybridized carbons (Fsp3) is 0.200. The normalized spacial score (nSPS) is 18.0. The number of para-hydroxylation sites is 2. The average Bonchev–Trinajstić information content (AvgIpc) is 3.24. The first-order valence-corrected chi connectivity index (χ1v) is 10.8. The van der Waals surface area contributed by atoms with Crippen LogP contribution in [0.15, 0.2) is 83.9 Å². The first-order chi connectivity index (χ1) is 15.8. The number of aromatic nitrogens is 2. The van der Waals surface area contributed by atoms with Gasteiger partial charge in [-0.15, -0.1) is 0 Å². The van der Waals surface area contributed by atoms with Gasteiger partial charge >= 0.3 is 0 Å². The first-order valence-electron chi connectivity index (χ1n) is 10.8. The first kappa shape index (κ1) is 18.9. The second-order valence-electron chi connectivity index (χ2n) is 8.10. The molecule has 1 N–H and O–H groups in total. The lowest BCUT2D eigenvalue weighted by Gasteiger charge is -2.41. The minimum atomic E-state index is -0.122. The summed E-state index contributed by atoms with van der Waals surface area (Å²) in [6, 6.07) is 26.9. The standard InChI is InChI=1S/C25H24N6O/c1-32-20-11-7-10-19(14-20)23-28-24-26-16-29(15-18-8-3-2-4-9-18)17-30(24)25-27-21-12-5-6-13-22(21)31(23)25/h2-14,23H,15-17H2,1H3,(H,26,28)/t23-/m1/s1. The van der Waals surface area contributed by atoms with Crippen LogP contribution in [0, 0.1) is 0 Å². The summed E-state index contributed by atoms with van der Waals surface area (Å²) in [7, 11) is 1.69. The van der Waals surface area contributed by atoms with Crippen LogP contribution in [-0.4, -0.2) is 40.9 Å². The van der Waals surface area contributed by atoms with Crippen molar-refractivity contribution < 1.29 is 4.74 Å². The third-order valence-corrected chi connectivity index (χ3v) is 6.02. The van der Waals surface area contributed by atoms with E-state index >= 15 is 0 Å². The highest BCUT2D eigenvalue weighted by Gasteiger charge is 2.35. The number of ether oxygens (including phenoxy) is 1. The molecule has 160 valence electrons. The summed E-state index contributed by atoms with van der Waals surface area (Å²) in [5, 5.41) is 3.66. The Kier molecular flexibility index (Phi) is 4.54. The van der Waals surface area contributed by atoms with E-state index in [-0.39, 0.29) is 6.17 Å². The molecule has 7 nitrogen and oxygen atoms in total. The Balaban J connectivity index is 1.42. The number of hydrogen-bond donors (Lipinski definition) is 1. The molecular formula is C25H24N6O. The van der Waals surface area contributed by atoms with Gasteiger partial charge in [0.2, 0.25) is 11.9 Å². The summed E-state index contributed by atoms with van der Waals surface area (Å²) in [6.45, 7) is 2.20. The summed E-state index contributed by atoms with van der Waals surface area (Å²) in [5.41, 5.74) is 4.43. The van der Waals surface area contributed by atoms with Crippen molar-refractivity contribution in [1.29, 1.82) is 0 Å². The van der Waals surface area contributed by atoms with Gasteiger partial charge in [-0.3, -0.25) is 14.4 Å². The molecule has 0 fully saturated rings. The van der Waals surface area contributed by atoms with E-state index in [0.29, 0.717) is 6.67 Å². The molecule has 0 unspecified atom stereocenters. The number of nitrogens with zero attached hydrogens (tertiary/aromatic N) is 5. The van der Waals surface area contributed by atoms with Gasteiger partial charge in [-0.05, 0) is 35.4 Å². The van der Waals surface area contributed by atoms with E-state index in [1.165, 1.54) is 5.56 Å². The maximum Gasteiger partial charge on any atom is 0.216 e. The van der Waals surface area contributed by atoms with Crippen molar-refractivity contribution in [3.8, 4) is 5.75 Å². The smallest absolute Gasteiger partial charge is 0.216 e. The monoisotopic (exact) mass is 424 g/mol. The van der Waals surface area contributed by atoms with Gasteiger partial charge in [0.25, 0.3) is 0 Å². The Morgan fingerprint density at radius 3 is 2.72 bits per heavy atom. The van der Waals surface area contributed by atoms with Gasteiger partial charge in [0, 0.05) is 6.54 Å². The number of rotatable bonds is 4. The molecule has 0 radical (unpaired) electrons. The molecule has 0 saturated carbocycles. The zero-order chi connectivity index (χ0) is 21.5. The van der Waals surface area contributed by atoms with Crippen LogP contribution in [0.4, 0.5) is 5.95 Å². The number of benzene rings is 3. The maximum absolute atomic E-state index is 5.48. The Morgan fingerprint density at radius 1 is 1.00 bits per heavy atom. The summed E-state index contributed by atoms with van der Waals surface area (Å²) in [5.74, 6) is 2.58. The van der Waals surface area contributed by atoms with Crippen molar-refractivity contribution in [1.82, 2.24) is 19.8 Å². The minimum Gasteiger partial charge on any atom is -0.497 e. The lowest BCUT2D eigenvalue weighted by atomic mass is 10.1. The van der Waals surface area contributed by atoms with Crippen molar-refractivity contribution in [3.05, 3.63) is 90.0 Å². The maximum atomic E-state index is 5.48. The van der Waals surface area contributed by atoms with Gasteiger partial charge in [-0.1, -0.05) is 54.6 Å². The summed E-state index contributed by atoms with van der Waals surface area (Å²) >= 11 is 0. The third kappa shape index (κ3) is 3.18. The van der Waals surface area contributed by atoms with Gasteiger partial charge < -0.3 is 10.1 Å². The van der Waals surface area contributed by atoms with Gasteiger partial charge in [0.1, 0.15) is 11.9 Å². The molecule has 4 aromatic rings. The Morgan fingerprint density at radius 2 is 1.84 bits per heavy atom.